The van der Waals surface area contributed by atoms with E-state index in [1.54, 1.807) is 6.07 Å². The second kappa shape index (κ2) is 6.36. The van der Waals surface area contributed by atoms with E-state index in [9.17, 15) is 4.39 Å². The molecule has 1 aliphatic carbocycles. The molecule has 1 nitrogen and oxygen atoms in total. The van der Waals surface area contributed by atoms with E-state index in [0.717, 1.165) is 16.5 Å². The van der Waals surface area contributed by atoms with E-state index in [1.165, 1.54) is 38.2 Å². The van der Waals surface area contributed by atoms with Gasteiger partial charge in [0.05, 0.1) is 0 Å². The summed E-state index contributed by atoms with van der Waals surface area (Å²) < 4.78 is 14.4. The molecule has 0 heterocycles. The van der Waals surface area contributed by atoms with E-state index < -0.39 is 0 Å². The van der Waals surface area contributed by atoms with Crippen molar-refractivity contribution in [3.05, 3.63) is 34.1 Å². The summed E-state index contributed by atoms with van der Waals surface area (Å²) >= 11 is 3.54. The molecule has 1 N–H and O–H groups in total. The zero-order valence-electron chi connectivity index (χ0n) is 11.8. The monoisotopic (exact) mass is 327 g/mol. The highest BCUT2D eigenvalue weighted by Gasteiger charge is 2.39. The van der Waals surface area contributed by atoms with Gasteiger partial charge in [0.1, 0.15) is 5.82 Å². The van der Waals surface area contributed by atoms with Gasteiger partial charge in [-0.25, -0.2) is 4.39 Å². The number of halogens is 2. The molecule has 1 aromatic rings. The Bertz CT molecular complexity index is 427. The summed E-state index contributed by atoms with van der Waals surface area (Å²) in [6.45, 7) is 2.29. The molecular weight excluding hydrogens is 305 g/mol. The standard InChI is InChI=1S/C16H23BrFN/c1-3-16(8-4-5-9-16)15(19-2)11-12-10-13(18)6-7-14(12)17/h6-7,10,15,19H,3-5,8-9,11H2,1-2H3. The lowest BCUT2D eigenvalue weighted by Gasteiger charge is -2.37. The quantitative estimate of drug-likeness (QED) is 0.827. The van der Waals surface area contributed by atoms with Crippen LogP contribution in [-0.2, 0) is 6.42 Å². The van der Waals surface area contributed by atoms with Crippen molar-refractivity contribution < 1.29 is 4.39 Å². The lowest BCUT2D eigenvalue weighted by Crippen LogP contribution is -2.43. The fourth-order valence-electron chi connectivity index (χ4n) is 3.57. The fraction of sp³-hybridized carbons (Fsp3) is 0.625. The first-order valence-corrected chi connectivity index (χ1v) is 8.02. The first kappa shape index (κ1) is 15.0. The van der Waals surface area contributed by atoms with Gasteiger partial charge in [0.25, 0.3) is 0 Å². The summed E-state index contributed by atoms with van der Waals surface area (Å²) in [6, 6.07) is 5.41. The van der Waals surface area contributed by atoms with Crippen LogP contribution in [0.4, 0.5) is 4.39 Å². The van der Waals surface area contributed by atoms with Gasteiger partial charge in [-0.05, 0) is 61.9 Å². The molecule has 1 aliphatic rings. The Morgan fingerprint density at radius 2 is 2.05 bits per heavy atom. The summed E-state index contributed by atoms with van der Waals surface area (Å²) in [6.07, 6.45) is 7.34. The molecule has 0 aromatic heterocycles. The molecule has 2 rings (SSSR count). The molecule has 19 heavy (non-hydrogen) atoms. The first-order valence-electron chi connectivity index (χ1n) is 7.22. The first-order chi connectivity index (χ1) is 9.11. The topological polar surface area (TPSA) is 12.0 Å². The molecular formula is C16H23BrFN. The van der Waals surface area contributed by atoms with E-state index in [-0.39, 0.29) is 5.82 Å². The van der Waals surface area contributed by atoms with Gasteiger partial charge >= 0.3 is 0 Å². The van der Waals surface area contributed by atoms with Crippen LogP contribution < -0.4 is 5.32 Å². The third-order valence-corrected chi connectivity index (χ3v) is 5.60. The van der Waals surface area contributed by atoms with Crippen LogP contribution in [-0.4, -0.2) is 13.1 Å². The van der Waals surface area contributed by atoms with Crippen LogP contribution in [0.1, 0.15) is 44.6 Å². The van der Waals surface area contributed by atoms with Crippen molar-refractivity contribution in [1.82, 2.24) is 5.32 Å². The Labute approximate surface area is 124 Å². The third-order valence-electron chi connectivity index (χ3n) is 4.82. The number of rotatable bonds is 5. The van der Waals surface area contributed by atoms with Crippen molar-refractivity contribution in [1.29, 1.82) is 0 Å². The van der Waals surface area contributed by atoms with E-state index in [1.807, 2.05) is 13.1 Å². The van der Waals surface area contributed by atoms with Gasteiger partial charge in [0.15, 0.2) is 0 Å². The average molecular weight is 328 g/mol. The average Bonchev–Trinajstić information content (AvgIpc) is 2.89. The van der Waals surface area contributed by atoms with Crippen molar-refractivity contribution >= 4 is 15.9 Å². The highest BCUT2D eigenvalue weighted by Crippen LogP contribution is 2.45. The van der Waals surface area contributed by atoms with E-state index in [4.69, 9.17) is 0 Å². The Morgan fingerprint density at radius 1 is 1.37 bits per heavy atom. The minimum absolute atomic E-state index is 0.148. The van der Waals surface area contributed by atoms with Crippen molar-refractivity contribution in [3.63, 3.8) is 0 Å². The molecule has 0 bridgehead atoms. The van der Waals surface area contributed by atoms with Gasteiger partial charge < -0.3 is 5.32 Å². The number of nitrogens with one attached hydrogen (secondary N) is 1. The largest absolute Gasteiger partial charge is 0.316 e. The second-order valence-corrected chi connectivity index (χ2v) is 6.56. The van der Waals surface area contributed by atoms with Gasteiger partial charge in [0.2, 0.25) is 0 Å². The Balaban J connectivity index is 2.21. The maximum absolute atomic E-state index is 13.4. The van der Waals surface area contributed by atoms with E-state index in [0.29, 0.717) is 11.5 Å². The maximum Gasteiger partial charge on any atom is 0.123 e. The predicted octanol–water partition coefficient (Wildman–Crippen LogP) is 4.69. The molecule has 0 aliphatic heterocycles. The highest BCUT2D eigenvalue weighted by molar-refractivity contribution is 9.10. The van der Waals surface area contributed by atoms with Gasteiger partial charge in [-0.1, -0.05) is 35.7 Å². The number of hydrogen-bond donors (Lipinski definition) is 1. The van der Waals surface area contributed by atoms with Crippen molar-refractivity contribution in [2.45, 2.75) is 51.5 Å². The van der Waals surface area contributed by atoms with Crippen LogP contribution in [0, 0.1) is 11.2 Å². The van der Waals surface area contributed by atoms with Crippen molar-refractivity contribution in [3.8, 4) is 0 Å². The van der Waals surface area contributed by atoms with Crippen molar-refractivity contribution in [2.24, 2.45) is 5.41 Å². The van der Waals surface area contributed by atoms with Crippen molar-refractivity contribution in [2.75, 3.05) is 7.05 Å². The number of benzene rings is 1. The maximum atomic E-state index is 13.4. The third kappa shape index (κ3) is 3.19. The lowest BCUT2D eigenvalue weighted by molar-refractivity contribution is 0.192. The van der Waals surface area contributed by atoms with E-state index in [2.05, 4.69) is 28.2 Å². The molecule has 0 spiro atoms. The molecule has 0 amide bonds. The molecule has 1 atom stereocenters. The highest BCUT2D eigenvalue weighted by atomic mass is 79.9. The smallest absolute Gasteiger partial charge is 0.123 e. The Hall–Kier alpha value is -0.410. The normalized spacial score (nSPS) is 19.6. The molecule has 1 unspecified atom stereocenters. The van der Waals surface area contributed by atoms with E-state index >= 15 is 0 Å². The van der Waals surface area contributed by atoms with Gasteiger partial charge in [-0.2, -0.15) is 0 Å². The molecule has 106 valence electrons. The van der Waals surface area contributed by atoms with Crippen LogP contribution in [0.3, 0.4) is 0 Å². The Kier molecular flexibility index (Phi) is 5.02. The minimum atomic E-state index is -0.148. The molecule has 1 saturated carbocycles. The van der Waals surface area contributed by atoms with Crippen LogP contribution in [0.25, 0.3) is 0 Å². The lowest BCUT2D eigenvalue weighted by atomic mass is 9.74. The molecule has 0 saturated heterocycles. The molecule has 1 fully saturated rings. The molecule has 3 heteroatoms. The number of likely N-dealkylation sites (N-methyl/N-ethyl adjacent to an activating group) is 1. The van der Waals surface area contributed by atoms with Crippen LogP contribution in [0.15, 0.2) is 22.7 Å². The fourth-order valence-corrected chi connectivity index (χ4v) is 3.98. The molecule has 0 radical (unpaired) electrons. The summed E-state index contributed by atoms with van der Waals surface area (Å²) in [5.41, 5.74) is 1.46. The van der Waals surface area contributed by atoms with Crippen LogP contribution in [0.2, 0.25) is 0 Å². The van der Waals surface area contributed by atoms with Crippen LogP contribution >= 0.6 is 15.9 Å². The SMILES string of the molecule is CCC1(C(Cc2cc(F)ccc2Br)NC)CCCC1. The second-order valence-electron chi connectivity index (χ2n) is 5.70. The van der Waals surface area contributed by atoms with Gasteiger partial charge in [-0.3, -0.25) is 0 Å². The number of hydrogen-bond acceptors (Lipinski definition) is 1. The summed E-state index contributed by atoms with van der Waals surface area (Å²) in [7, 11) is 2.04. The molecule has 1 aromatic carbocycles. The summed E-state index contributed by atoms with van der Waals surface area (Å²) in [4.78, 5) is 0. The zero-order valence-corrected chi connectivity index (χ0v) is 13.4. The summed E-state index contributed by atoms with van der Waals surface area (Å²) in [5.74, 6) is -0.148. The predicted molar refractivity (Wildman–Crippen MR) is 81.8 cm³/mol. The Morgan fingerprint density at radius 3 is 2.63 bits per heavy atom. The van der Waals surface area contributed by atoms with Crippen LogP contribution in [0.5, 0.6) is 0 Å². The minimum Gasteiger partial charge on any atom is -0.316 e. The zero-order chi connectivity index (χ0) is 13.9. The van der Waals surface area contributed by atoms with Gasteiger partial charge in [-0.15, -0.1) is 0 Å². The van der Waals surface area contributed by atoms with Gasteiger partial charge in [0, 0.05) is 10.5 Å². The summed E-state index contributed by atoms with van der Waals surface area (Å²) in [5, 5.41) is 3.49.